The number of tetrazole rings is 1. The molecule has 1 heterocycles. The summed E-state index contributed by atoms with van der Waals surface area (Å²) in [5.41, 5.74) is -2.41. The molecule has 2 aliphatic rings. The lowest BCUT2D eigenvalue weighted by molar-refractivity contribution is -0.137. The smallest absolute Gasteiger partial charge is 0.408 e. The van der Waals surface area contributed by atoms with Crippen molar-refractivity contribution in [3.63, 3.8) is 0 Å². The van der Waals surface area contributed by atoms with E-state index in [9.17, 15) is 27.6 Å². The number of allylic oxidation sites excluding steroid dienone is 1. The minimum atomic E-state index is -4.25. The first-order valence-corrected chi connectivity index (χ1v) is 18.8. The van der Waals surface area contributed by atoms with E-state index in [2.05, 4.69) is 37.3 Å². The monoisotopic (exact) mass is 733 g/mol. The fraction of sp³-hybridized carbons (Fsp3) is 0.486. The maximum Gasteiger partial charge on any atom is 0.408 e. The molecule has 2 saturated carbocycles. The van der Waals surface area contributed by atoms with E-state index in [1.54, 1.807) is 53.7 Å². The molecule has 0 aliphatic heterocycles. The summed E-state index contributed by atoms with van der Waals surface area (Å²) >= 11 is 0. The highest BCUT2D eigenvalue weighted by molar-refractivity contribution is 7.90. The van der Waals surface area contributed by atoms with Crippen LogP contribution < -0.4 is 15.4 Å². The Hall–Kier alpha value is -4.92. The van der Waals surface area contributed by atoms with Gasteiger partial charge < -0.3 is 15.4 Å². The molecule has 0 bridgehead atoms. The number of sulfonamides is 1. The van der Waals surface area contributed by atoms with Gasteiger partial charge in [-0.3, -0.25) is 14.4 Å². The predicted molar refractivity (Wildman–Crippen MR) is 192 cm³/mol. The van der Waals surface area contributed by atoms with Crippen LogP contribution in [0, 0.1) is 23.2 Å². The molecule has 5 rings (SSSR count). The van der Waals surface area contributed by atoms with Gasteiger partial charge in [0.15, 0.2) is 5.78 Å². The van der Waals surface area contributed by atoms with Crippen molar-refractivity contribution in [2.45, 2.75) is 95.3 Å². The Labute approximate surface area is 304 Å². The number of nitrogens with zero attached hydrogens (tertiary/aromatic N) is 4. The zero-order valence-electron chi connectivity index (χ0n) is 30.3. The standard InChI is InChI=1S/C37H47N7O7S/c1-8-15-24-22-37(24,33(47)42-52(49,50)26-18-13-10-14-19-26)39-32(46)28-21-25(44-41-31(40-43-44)23-16-11-9-12-17-23)20-27(28)29(45)30(35(2,3)4)38-34(48)51-36(5,6)7/h8-14,16-19,24-25,27-28,30H,1,15,20-22H2,2-7H3,(H,38,48)(H,39,46)(H,42,47)/t24-,25+,27?,28-,30?,37+/m1/s1. The van der Waals surface area contributed by atoms with Crippen molar-refractivity contribution < 1.29 is 32.3 Å². The molecular formula is C37H47N7O7S. The molecule has 0 spiro atoms. The van der Waals surface area contributed by atoms with Gasteiger partial charge in [0.2, 0.25) is 11.7 Å². The number of carbonyl (C=O) groups is 4. The summed E-state index contributed by atoms with van der Waals surface area (Å²) in [7, 11) is -4.25. The van der Waals surface area contributed by atoms with E-state index in [0.29, 0.717) is 12.2 Å². The summed E-state index contributed by atoms with van der Waals surface area (Å²) in [5, 5.41) is 18.6. The highest BCUT2D eigenvalue weighted by Crippen LogP contribution is 2.48. The molecule has 2 aliphatic carbocycles. The SMILES string of the molecule is C=CC[C@@H]1C[C@@]1(NC(=O)[C@@H]1C[C@@H](n2nnc(-c3ccccc3)n2)CC1C(=O)C(NC(=O)OC(C)(C)C)C(C)(C)C)C(=O)NS(=O)(=O)c1ccccc1. The molecule has 2 fully saturated rings. The molecule has 2 aromatic carbocycles. The summed E-state index contributed by atoms with van der Waals surface area (Å²) in [6.45, 7) is 14.3. The zero-order chi connectivity index (χ0) is 38.1. The van der Waals surface area contributed by atoms with Crippen LogP contribution in [-0.2, 0) is 29.1 Å². The Morgan fingerprint density at radius 3 is 2.19 bits per heavy atom. The second kappa shape index (κ2) is 14.6. The molecule has 3 amide bonds. The number of hydrogen-bond acceptors (Lipinski definition) is 10. The first-order valence-electron chi connectivity index (χ1n) is 17.3. The largest absolute Gasteiger partial charge is 0.444 e. The van der Waals surface area contributed by atoms with Crippen LogP contribution in [0.25, 0.3) is 11.4 Å². The lowest BCUT2D eigenvalue weighted by Crippen LogP contribution is -2.56. The molecule has 3 aromatic rings. The van der Waals surface area contributed by atoms with Crippen molar-refractivity contribution in [1.82, 2.24) is 35.6 Å². The summed E-state index contributed by atoms with van der Waals surface area (Å²) in [5.74, 6) is -3.86. The number of rotatable bonds is 12. The van der Waals surface area contributed by atoms with Crippen molar-refractivity contribution in [3.05, 3.63) is 73.3 Å². The molecule has 3 N–H and O–H groups in total. The third-order valence-corrected chi connectivity index (χ3v) is 10.8. The summed E-state index contributed by atoms with van der Waals surface area (Å²) in [6, 6.07) is 15.1. The van der Waals surface area contributed by atoms with Gasteiger partial charge in [0.1, 0.15) is 11.1 Å². The summed E-state index contributed by atoms with van der Waals surface area (Å²) in [4.78, 5) is 57.0. The van der Waals surface area contributed by atoms with E-state index in [4.69, 9.17) is 4.74 Å². The third kappa shape index (κ3) is 8.57. The quantitative estimate of drug-likeness (QED) is 0.225. The average Bonchev–Trinajstić information content (AvgIpc) is 3.39. The molecule has 0 saturated heterocycles. The van der Waals surface area contributed by atoms with Crippen LogP contribution in [0.1, 0.15) is 73.3 Å². The van der Waals surface area contributed by atoms with E-state index in [1.165, 1.54) is 29.1 Å². The Kier molecular flexibility index (Phi) is 10.8. The predicted octanol–water partition coefficient (Wildman–Crippen LogP) is 4.37. The third-order valence-electron chi connectivity index (χ3n) is 9.43. The van der Waals surface area contributed by atoms with Gasteiger partial charge in [-0.05, 0) is 75.1 Å². The Balaban J connectivity index is 1.46. The Bertz CT molecular complexity index is 1920. The van der Waals surface area contributed by atoms with Gasteiger partial charge in [-0.2, -0.15) is 4.80 Å². The van der Waals surface area contributed by atoms with Gasteiger partial charge in [-0.15, -0.1) is 16.8 Å². The molecular weight excluding hydrogens is 687 g/mol. The molecule has 15 heteroatoms. The van der Waals surface area contributed by atoms with Crippen LogP contribution in [0.5, 0.6) is 0 Å². The lowest BCUT2D eigenvalue weighted by atomic mass is 9.77. The van der Waals surface area contributed by atoms with Crippen LogP contribution in [0.15, 0.2) is 78.2 Å². The molecule has 52 heavy (non-hydrogen) atoms. The molecule has 1 aromatic heterocycles. The summed E-state index contributed by atoms with van der Waals surface area (Å²) < 4.78 is 33.9. The van der Waals surface area contributed by atoms with Gasteiger partial charge >= 0.3 is 6.09 Å². The highest BCUT2D eigenvalue weighted by Gasteiger charge is 2.62. The number of ketones is 1. The van der Waals surface area contributed by atoms with Crippen LogP contribution in [0.4, 0.5) is 4.79 Å². The minimum absolute atomic E-state index is 0.101. The number of amides is 3. The topological polar surface area (TPSA) is 191 Å². The van der Waals surface area contributed by atoms with Crippen LogP contribution in [0.3, 0.4) is 0 Å². The highest BCUT2D eigenvalue weighted by atomic mass is 32.2. The number of alkyl carbamates (subject to hydrolysis) is 1. The number of aromatic nitrogens is 4. The van der Waals surface area contributed by atoms with Crippen LogP contribution in [-0.4, -0.2) is 69.5 Å². The van der Waals surface area contributed by atoms with Crippen molar-refractivity contribution in [1.29, 1.82) is 0 Å². The fourth-order valence-corrected chi connectivity index (χ4v) is 7.79. The Morgan fingerprint density at radius 2 is 1.60 bits per heavy atom. The number of nitrogens with one attached hydrogen (secondary N) is 3. The van der Waals surface area contributed by atoms with E-state index < -0.39 is 80.1 Å². The first kappa shape index (κ1) is 38.3. The molecule has 14 nitrogen and oxygen atoms in total. The molecule has 6 atom stereocenters. The number of hydrogen-bond donors (Lipinski definition) is 3. The van der Waals surface area contributed by atoms with Crippen molar-refractivity contribution in [2.24, 2.45) is 23.2 Å². The zero-order valence-corrected chi connectivity index (χ0v) is 31.1. The maximum absolute atomic E-state index is 14.6. The second-order valence-electron chi connectivity index (χ2n) is 15.6. The maximum atomic E-state index is 14.6. The van der Waals surface area contributed by atoms with Gasteiger partial charge in [-0.25, -0.2) is 17.9 Å². The van der Waals surface area contributed by atoms with Gasteiger partial charge in [0, 0.05) is 17.4 Å². The number of carbonyl (C=O) groups excluding carboxylic acids is 4. The average molecular weight is 734 g/mol. The number of benzene rings is 2. The van der Waals surface area contributed by atoms with E-state index in [1.807, 2.05) is 30.3 Å². The number of Topliss-reactive ketones (excluding diaryl/α,β-unsaturated/α-hetero) is 1. The molecule has 278 valence electrons. The normalized spacial score (nSPS) is 23.6. The summed E-state index contributed by atoms with van der Waals surface area (Å²) in [6.07, 6.45) is 1.59. The molecule has 0 radical (unpaired) electrons. The Morgan fingerprint density at radius 1 is 0.981 bits per heavy atom. The van der Waals surface area contributed by atoms with Crippen LogP contribution in [0.2, 0.25) is 0 Å². The van der Waals surface area contributed by atoms with E-state index in [-0.39, 0.29) is 24.2 Å². The van der Waals surface area contributed by atoms with Gasteiger partial charge in [0.25, 0.3) is 15.9 Å². The van der Waals surface area contributed by atoms with Gasteiger partial charge in [-0.1, -0.05) is 75.4 Å². The van der Waals surface area contributed by atoms with Crippen molar-refractivity contribution in [2.75, 3.05) is 0 Å². The van der Waals surface area contributed by atoms with Crippen LogP contribution >= 0.6 is 0 Å². The fourth-order valence-electron chi connectivity index (χ4n) is 6.73. The number of ether oxygens (including phenoxy) is 1. The van der Waals surface area contributed by atoms with E-state index >= 15 is 0 Å². The molecule has 2 unspecified atom stereocenters. The van der Waals surface area contributed by atoms with Crippen molar-refractivity contribution in [3.8, 4) is 11.4 Å². The lowest BCUT2D eigenvalue weighted by Gasteiger charge is -2.34. The first-order chi connectivity index (χ1) is 24.3. The van der Waals surface area contributed by atoms with Gasteiger partial charge in [0.05, 0.1) is 17.0 Å². The van der Waals surface area contributed by atoms with Crippen molar-refractivity contribution >= 4 is 33.7 Å². The second-order valence-corrected chi connectivity index (χ2v) is 17.3. The van der Waals surface area contributed by atoms with E-state index in [0.717, 1.165) is 5.56 Å². The minimum Gasteiger partial charge on any atom is -0.444 e.